The molecule has 1 aromatic rings. The van der Waals surface area contributed by atoms with Gasteiger partial charge in [0.05, 0.1) is 6.04 Å². The zero-order valence-corrected chi connectivity index (χ0v) is 11.1. The van der Waals surface area contributed by atoms with Gasteiger partial charge in [-0.3, -0.25) is 10.1 Å². The van der Waals surface area contributed by atoms with Crippen molar-refractivity contribution in [1.82, 2.24) is 10.6 Å². The van der Waals surface area contributed by atoms with E-state index in [0.717, 1.165) is 31.6 Å². The fourth-order valence-electron chi connectivity index (χ4n) is 2.64. The molecule has 2 heterocycles. The van der Waals surface area contributed by atoms with E-state index in [1.54, 1.807) is 0 Å². The molecule has 2 atom stereocenters. The van der Waals surface area contributed by atoms with Crippen molar-refractivity contribution in [3.63, 3.8) is 0 Å². The van der Waals surface area contributed by atoms with Gasteiger partial charge >= 0.3 is 0 Å². The summed E-state index contributed by atoms with van der Waals surface area (Å²) in [5.41, 5.74) is 1.35. The number of hydrogen-bond acceptors (Lipinski definition) is 3. The van der Waals surface area contributed by atoms with Gasteiger partial charge in [0.1, 0.15) is 0 Å². The third kappa shape index (κ3) is 2.40. The van der Waals surface area contributed by atoms with Gasteiger partial charge in [-0.25, -0.2) is 0 Å². The fourth-order valence-corrected chi connectivity index (χ4v) is 3.82. The number of rotatable bonds is 2. The number of carbonyl (C=O) groups is 1. The van der Waals surface area contributed by atoms with E-state index in [1.807, 2.05) is 11.8 Å². The summed E-state index contributed by atoms with van der Waals surface area (Å²) in [5, 5.41) is 6.52. The van der Waals surface area contributed by atoms with Crippen LogP contribution in [0.1, 0.15) is 30.9 Å². The Kier molecular flexibility index (Phi) is 3.57. The molecule has 1 saturated heterocycles. The van der Waals surface area contributed by atoms with E-state index in [0.29, 0.717) is 6.04 Å². The monoisotopic (exact) mass is 262 g/mol. The first-order valence-corrected chi connectivity index (χ1v) is 7.58. The second kappa shape index (κ2) is 5.33. The van der Waals surface area contributed by atoms with Crippen molar-refractivity contribution in [3.8, 4) is 0 Å². The van der Waals surface area contributed by atoms with Gasteiger partial charge in [-0.1, -0.05) is 18.2 Å². The number of hydrogen-bond donors (Lipinski definition) is 2. The molecular formula is C14H18N2OS. The van der Waals surface area contributed by atoms with Gasteiger partial charge in [-0.05, 0) is 30.9 Å². The van der Waals surface area contributed by atoms with Crippen LogP contribution in [0, 0.1) is 0 Å². The number of thioether (sulfide) groups is 1. The van der Waals surface area contributed by atoms with E-state index in [1.165, 1.54) is 10.5 Å². The van der Waals surface area contributed by atoms with E-state index in [9.17, 15) is 4.79 Å². The van der Waals surface area contributed by atoms with Gasteiger partial charge in [0, 0.05) is 23.2 Å². The van der Waals surface area contributed by atoms with Crippen LogP contribution in [-0.2, 0) is 4.79 Å². The Morgan fingerprint density at radius 3 is 3.06 bits per heavy atom. The Labute approximate surface area is 112 Å². The van der Waals surface area contributed by atoms with Crippen LogP contribution in [0.25, 0.3) is 0 Å². The highest BCUT2D eigenvalue weighted by molar-refractivity contribution is 7.99. The molecule has 1 aromatic carbocycles. The van der Waals surface area contributed by atoms with Crippen molar-refractivity contribution in [2.75, 3.05) is 12.3 Å². The molecule has 2 aliphatic rings. The maximum Gasteiger partial charge on any atom is 0.237 e. The first-order chi connectivity index (χ1) is 8.84. The Balaban J connectivity index is 1.72. The normalized spacial score (nSPS) is 27.4. The second-order valence-corrected chi connectivity index (χ2v) is 5.97. The first-order valence-electron chi connectivity index (χ1n) is 6.60. The molecule has 0 aromatic heterocycles. The summed E-state index contributed by atoms with van der Waals surface area (Å²) in [6.07, 6.45) is 3.17. The summed E-state index contributed by atoms with van der Waals surface area (Å²) in [5.74, 6) is 1.20. The van der Waals surface area contributed by atoms with Gasteiger partial charge in [0.2, 0.25) is 5.91 Å². The van der Waals surface area contributed by atoms with Crippen LogP contribution in [0.4, 0.5) is 0 Å². The summed E-state index contributed by atoms with van der Waals surface area (Å²) in [7, 11) is 0. The highest BCUT2D eigenvalue weighted by Crippen LogP contribution is 2.38. The van der Waals surface area contributed by atoms with Crippen molar-refractivity contribution in [2.45, 2.75) is 36.2 Å². The van der Waals surface area contributed by atoms with Crippen molar-refractivity contribution in [1.29, 1.82) is 0 Å². The standard InChI is InChI=1S/C14H18N2OS/c17-14-11(6-3-4-8-15-14)16-12-9-18-13-7-2-1-5-10(12)13/h1-2,5,7,11-12,16H,3-4,6,8-9H2,(H,15,17). The molecule has 3 rings (SSSR count). The summed E-state index contributed by atoms with van der Waals surface area (Å²) < 4.78 is 0. The average Bonchev–Trinajstić information content (AvgIpc) is 2.69. The van der Waals surface area contributed by atoms with Gasteiger partial charge in [0.25, 0.3) is 0 Å². The molecule has 4 heteroatoms. The third-order valence-electron chi connectivity index (χ3n) is 3.64. The van der Waals surface area contributed by atoms with Crippen LogP contribution in [0.5, 0.6) is 0 Å². The molecule has 0 saturated carbocycles. The quantitative estimate of drug-likeness (QED) is 0.857. The molecule has 1 fully saturated rings. The molecule has 3 nitrogen and oxygen atoms in total. The Morgan fingerprint density at radius 1 is 1.22 bits per heavy atom. The molecule has 18 heavy (non-hydrogen) atoms. The predicted molar refractivity (Wildman–Crippen MR) is 73.7 cm³/mol. The van der Waals surface area contributed by atoms with E-state index < -0.39 is 0 Å². The minimum Gasteiger partial charge on any atom is -0.355 e. The van der Waals surface area contributed by atoms with E-state index >= 15 is 0 Å². The molecule has 1 amide bonds. The van der Waals surface area contributed by atoms with E-state index in [-0.39, 0.29) is 11.9 Å². The van der Waals surface area contributed by atoms with Gasteiger partial charge < -0.3 is 5.32 Å². The third-order valence-corrected chi connectivity index (χ3v) is 4.82. The van der Waals surface area contributed by atoms with E-state index in [2.05, 4.69) is 34.9 Å². The molecular weight excluding hydrogens is 244 g/mol. The van der Waals surface area contributed by atoms with Crippen LogP contribution in [0.2, 0.25) is 0 Å². The maximum atomic E-state index is 11.9. The minimum atomic E-state index is -0.0238. The van der Waals surface area contributed by atoms with Crippen LogP contribution in [0.3, 0.4) is 0 Å². The van der Waals surface area contributed by atoms with Crippen LogP contribution >= 0.6 is 11.8 Å². The van der Waals surface area contributed by atoms with Crippen LogP contribution < -0.4 is 10.6 Å². The lowest BCUT2D eigenvalue weighted by molar-refractivity contribution is -0.123. The van der Waals surface area contributed by atoms with Crippen molar-refractivity contribution >= 4 is 17.7 Å². The lowest BCUT2D eigenvalue weighted by Gasteiger charge is -2.20. The zero-order chi connectivity index (χ0) is 12.4. The summed E-state index contributed by atoms with van der Waals surface area (Å²) in [4.78, 5) is 13.3. The van der Waals surface area contributed by atoms with E-state index in [4.69, 9.17) is 0 Å². The summed E-state index contributed by atoms with van der Waals surface area (Å²) in [6, 6.07) is 8.78. The maximum absolute atomic E-state index is 11.9. The number of carbonyl (C=O) groups excluding carboxylic acids is 1. The van der Waals surface area contributed by atoms with Gasteiger partial charge in [-0.2, -0.15) is 0 Å². The predicted octanol–water partition coefficient (Wildman–Crippen LogP) is 2.09. The molecule has 0 spiro atoms. The van der Waals surface area contributed by atoms with Gasteiger partial charge in [-0.15, -0.1) is 11.8 Å². The number of fused-ring (bicyclic) bond motifs is 1. The number of amides is 1. The molecule has 96 valence electrons. The zero-order valence-electron chi connectivity index (χ0n) is 10.3. The second-order valence-electron chi connectivity index (χ2n) is 4.91. The van der Waals surface area contributed by atoms with Crippen LogP contribution in [-0.4, -0.2) is 24.2 Å². The lowest BCUT2D eigenvalue weighted by Crippen LogP contribution is -2.44. The molecule has 0 radical (unpaired) electrons. The number of nitrogens with one attached hydrogen (secondary N) is 2. The molecule has 0 aliphatic carbocycles. The lowest BCUT2D eigenvalue weighted by atomic mass is 10.1. The highest BCUT2D eigenvalue weighted by atomic mass is 32.2. The topological polar surface area (TPSA) is 41.1 Å². The van der Waals surface area contributed by atoms with Crippen molar-refractivity contribution < 1.29 is 4.79 Å². The Hall–Kier alpha value is -1.00. The minimum absolute atomic E-state index is 0.0238. The smallest absolute Gasteiger partial charge is 0.237 e. The SMILES string of the molecule is O=C1NCCCCC1NC1CSc2ccccc21. The molecule has 2 unspecified atom stereocenters. The Bertz CT molecular complexity index is 449. The number of benzene rings is 1. The summed E-state index contributed by atoms with van der Waals surface area (Å²) in [6.45, 7) is 0.826. The Morgan fingerprint density at radius 2 is 2.11 bits per heavy atom. The van der Waals surface area contributed by atoms with Crippen molar-refractivity contribution in [2.24, 2.45) is 0 Å². The van der Waals surface area contributed by atoms with Gasteiger partial charge in [0.15, 0.2) is 0 Å². The van der Waals surface area contributed by atoms with Crippen LogP contribution in [0.15, 0.2) is 29.2 Å². The largest absolute Gasteiger partial charge is 0.355 e. The van der Waals surface area contributed by atoms with Crippen molar-refractivity contribution in [3.05, 3.63) is 29.8 Å². The first kappa shape index (κ1) is 12.1. The molecule has 0 bridgehead atoms. The average molecular weight is 262 g/mol. The highest BCUT2D eigenvalue weighted by Gasteiger charge is 2.28. The molecule has 2 aliphatic heterocycles. The molecule has 2 N–H and O–H groups in total. The fraction of sp³-hybridized carbons (Fsp3) is 0.500. The summed E-state index contributed by atoms with van der Waals surface area (Å²) >= 11 is 1.88.